The third-order valence-electron chi connectivity index (χ3n) is 7.54. The Morgan fingerprint density at radius 2 is 1.21 bits per heavy atom. The van der Waals surface area contributed by atoms with E-state index >= 15 is 0 Å². The van der Waals surface area contributed by atoms with E-state index in [-0.39, 0.29) is 24.3 Å². The van der Waals surface area contributed by atoms with Crippen molar-refractivity contribution in [2.75, 3.05) is 52.5 Å². The van der Waals surface area contributed by atoms with Crippen LogP contribution < -0.4 is 0 Å². The molecule has 39 heavy (non-hydrogen) atoms. The van der Waals surface area contributed by atoms with Gasteiger partial charge in [0.25, 0.3) is 0 Å². The summed E-state index contributed by atoms with van der Waals surface area (Å²) in [4.78, 5) is 30.4. The number of hydrogen-bond acceptors (Lipinski definition) is 6. The summed E-state index contributed by atoms with van der Waals surface area (Å²) in [6.07, 6.45) is 1.62. The third kappa shape index (κ3) is 6.99. The molecule has 0 saturated heterocycles. The molecule has 0 unspecified atom stereocenters. The molecule has 210 valence electrons. The Hall–Kier alpha value is -2.93. The van der Waals surface area contributed by atoms with Crippen molar-refractivity contribution in [2.24, 2.45) is 0 Å². The van der Waals surface area contributed by atoms with Crippen molar-refractivity contribution in [3.05, 3.63) is 59.7 Å². The van der Waals surface area contributed by atoms with Crippen LogP contribution in [0.15, 0.2) is 48.5 Å². The third-order valence-corrected chi connectivity index (χ3v) is 7.54. The van der Waals surface area contributed by atoms with Gasteiger partial charge in [-0.1, -0.05) is 52.0 Å². The molecule has 0 aliphatic heterocycles. The quantitative estimate of drug-likeness (QED) is 0.128. The number of ether oxygens (including phenoxy) is 2. The van der Waals surface area contributed by atoms with E-state index in [0.29, 0.717) is 24.3 Å². The first-order chi connectivity index (χ1) is 18.5. The van der Waals surface area contributed by atoms with E-state index in [0.717, 1.165) is 85.1 Å². The van der Waals surface area contributed by atoms with E-state index in [9.17, 15) is 9.59 Å². The van der Waals surface area contributed by atoms with E-state index in [1.54, 1.807) is 0 Å². The molecular formula is C32H41ClN2O4. The molecule has 0 aromatic heterocycles. The molecule has 0 radical (unpaired) electrons. The van der Waals surface area contributed by atoms with E-state index in [2.05, 4.69) is 43.6 Å². The maximum Gasteiger partial charge on any atom is 0.338 e. The summed E-state index contributed by atoms with van der Waals surface area (Å²) in [5, 5.41) is 2.09. The maximum absolute atomic E-state index is 13.0. The lowest BCUT2D eigenvalue weighted by Gasteiger charge is -2.17. The average Bonchev–Trinajstić information content (AvgIpc) is 3.27. The van der Waals surface area contributed by atoms with Gasteiger partial charge in [-0.15, -0.1) is 12.4 Å². The van der Waals surface area contributed by atoms with Gasteiger partial charge >= 0.3 is 11.9 Å². The van der Waals surface area contributed by atoms with Crippen LogP contribution in [0.4, 0.5) is 0 Å². The zero-order valence-electron chi connectivity index (χ0n) is 23.6. The predicted octanol–water partition coefficient (Wildman–Crippen LogP) is 6.69. The number of carbonyl (C=O) groups is 2. The first-order valence-corrected chi connectivity index (χ1v) is 14.0. The summed E-state index contributed by atoms with van der Waals surface area (Å²) in [7, 11) is 0. The standard InChI is InChI=1S/C32H40N2O4.ClH/c1-5-33(6-2)16-10-18-37-31(35)24-14-15-26-27-13-9-12-23-20-25(22-29(30(23)27)28(26)21-24)32(36)38-19-11-17-34(7-3)8-4;/h9,12-15,20-22H,5-8,10-11,16-19H2,1-4H3;1H. The van der Waals surface area contributed by atoms with Crippen LogP contribution in [0, 0.1) is 0 Å². The second-order valence-electron chi connectivity index (χ2n) is 9.72. The highest BCUT2D eigenvalue weighted by Crippen LogP contribution is 2.48. The molecule has 0 spiro atoms. The molecule has 4 rings (SSSR count). The molecule has 0 fully saturated rings. The number of esters is 2. The van der Waals surface area contributed by atoms with Gasteiger partial charge in [0.05, 0.1) is 24.3 Å². The van der Waals surface area contributed by atoms with Gasteiger partial charge in [-0.05, 0) is 96.3 Å². The van der Waals surface area contributed by atoms with Crippen molar-refractivity contribution in [3.63, 3.8) is 0 Å². The van der Waals surface area contributed by atoms with Gasteiger partial charge in [-0.25, -0.2) is 9.59 Å². The van der Waals surface area contributed by atoms with Gasteiger partial charge in [0.2, 0.25) is 0 Å². The second kappa shape index (κ2) is 14.5. The van der Waals surface area contributed by atoms with Gasteiger partial charge in [0.1, 0.15) is 0 Å². The van der Waals surface area contributed by atoms with Crippen molar-refractivity contribution in [2.45, 2.75) is 40.5 Å². The summed E-state index contributed by atoms with van der Waals surface area (Å²) in [5.41, 5.74) is 5.14. The highest BCUT2D eigenvalue weighted by molar-refractivity contribution is 6.17. The second-order valence-corrected chi connectivity index (χ2v) is 9.72. The fourth-order valence-electron chi connectivity index (χ4n) is 5.26. The number of benzene rings is 3. The van der Waals surface area contributed by atoms with Crippen molar-refractivity contribution < 1.29 is 19.1 Å². The molecule has 0 N–H and O–H groups in total. The number of fused-ring (bicyclic) bond motifs is 3. The molecular weight excluding hydrogens is 512 g/mol. The fraction of sp³-hybridized carbons (Fsp3) is 0.438. The summed E-state index contributed by atoms with van der Waals surface area (Å²) < 4.78 is 11.2. The fourth-order valence-corrected chi connectivity index (χ4v) is 5.26. The normalized spacial score (nSPS) is 11.5. The Morgan fingerprint density at radius 3 is 1.79 bits per heavy atom. The maximum atomic E-state index is 13.0. The van der Waals surface area contributed by atoms with Crippen LogP contribution in [0.1, 0.15) is 61.3 Å². The zero-order chi connectivity index (χ0) is 27.1. The number of halogens is 1. The van der Waals surface area contributed by atoms with E-state index in [1.807, 2.05) is 42.5 Å². The van der Waals surface area contributed by atoms with E-state index in [1.165, 1.54) is 0 Å². The van der Waals surface area contributed by atoms with Gasteiger partial charge in [0.15, 0.2) is 0 Å². The summed E-state index contributed by atoms with van der Waals surface area (Å²) in [5.74, 6) is -0.631. The van der Waals surface area contributed by atoms with Crippen LogP contribution in [0.25, 0.3) is 33.0 Å². The predicted molar refractivity (Wildman–Crippen MR) is 161 cm³/mol. The van der Waals surface area contributed by atoms with Crippen LogP contribution in [-0.4, -0.2) is 74.2 Å². The molecule has 0 amide bonds. The summed E-state index contributed by atoms with van der Waals surface area (Å²) in [6.45, 7) is 15.1. The van der Waals surface area contributed by atoms with Crippen LogP contribution >= 0.6 is 12.4 Å². The summed E-state index contributed by atoms with van der Waals surface area (Å²) in [6, 6.07) is 15.7. The molecule has 3 aromatic carbocycles. The van der Waals surface area contributed by atoms with Crippen molar-refractivity contribution in [1.29, 1.82) is 0 Å². The van der Waals surface area contributed by atoms with Crippen molar-refractivity contribution in [1.82, 2.24) is 9.80 Å². The molecule has 0 atom stereocenters. The summed E-state index contributed by atoms with van der Waals surface area (Å²) >= 11 is 0. The SMILES string of the molecule is CCN(CC)CCCOC(=O)c1ccc2c(c1)-c1cc(C(=O)OCCCN(CC)CC)cc3cccc-2c13.Cl. The van der Waals surface area contributed by atoms with Crippen LogP contribution in [-0.2, 0) is 9.47 Å². The number of rotatable bonds is 14. The lowest BCUT2D eigenvalue weighted by molar-refractivity contribution is 0.0480. The number of hydrogen-bond donors (Lipinski definition) is 0. The Bertz CT molecular complexity index is 1280. The van der Waals surface area contributed by atoms with E-state index < -0.39 is 0 Å². The lowest BCUT2D eigenvalue weighted by atomic mass is 9.99. The monoisotopic (exact) mass is 552 g/mol. The Morgan fingerprint density at radius 1 is 0.641 bits per heavy atom. The Labute approximate surface area is 238 Å². The lowest BCUT2D eigenvalue weighted by Crippen LogP contribution is -2.25. The minimum atomic E-state index is -0.316. The molecule has 0 bridgehead atoms. The van der Waals surface area contributed by atoms with Gasteiger partial charge in [-0.3, -0.25) is 0 Å². The Balaban J connectivity index is 0.00000420. The molecule has 1 aliphatic carbocycles. The van der Waals surface area contributed by atoms with Crippen LogP contribution in [0.3, 0.4) is 0 Å². The van der Waals surface area contributed by atoms with Crippen LogP contribution in [0.5, 0.6) is 0 Å². The molecule has 0 saturated carbocycles. The largest absolute Gasteiger partial charge is 0.462 e. The Kier molecular flexibility index (Phi) is 11.3. The van der Waals surface area contributed by atoms with Gasteiger partial charge < -0.3 is 19.3 Å². The first-order valence-electron chi connectivity index (χ1n) is 14.0. The van der Waals surface area contributed by atoms with Crippen molar-refractivity contribution >= 4 is 35.1 Å². The van der Waals surface area contributed by atoms with E-state index in [4.69, 9.17) is 9.47 Å². The van der Waals surface area contributed by atoms with Crippen molar-refractivity contribution in [3.8, 4) is 22.3 Å². The van der Waals surface area contributed by atoms with Crippen LogP contribution in [0.2, 0.25) is 0 Å². The topological polar surface area (TPSA) is 59.1 Å². The number of nitrogens with zero attached hydrogens (tertiary/aromatic N) is 2. The number of carbonyl (C=O) groups excluding carboxylic acids is 2. The molecule has 1 aliphatic rings. The zero-order valence-corrected chi connectivity index (χ0v) is 24.4. The molecule has 7 heteroatoms. The highest BCUT2D eigenvalue weighted by Gasteiger charge is 2.25. The van der Waals surface area contributed by atoms with Gasteiger partial charge in [0, 0.05) is 13.1 Å². The minimum absolute atomic E-state index is 0. The smallest absolute Gasteiger partial charge is 0.338 e. The van der Waals surface area contributed by atoms with Gasteiger partial charge in [-0.2, -0.15) is 0 Å². The molecule has 0 heterocycles. The highest BCUT2D eigenvalue weighted by atomic mass is 35.5. The average molecular weight is 553 g/mol. The molecule has 3 aromatic rings. The first kappa shape index (κ1) is 30.6. The minimum Gasteiger partial charge on any atom is -0.462 e. The molecule has 6 nitrogen and oxygen atoms in total.